The minimum Gasteiger partial charge on any atom is -0.495 e. The van der Waals surface area contributed by atoms with E-state index in [9.17, 15) is 22.0 Å². The summed E-state index contributed by atoms with van der Waals surface area (Å²) in [6.07, 6.45) is 0.735. The molecule has 2 rings (SSSR count). The maximum atomic E-state index is 13.4. The van der Waals surface area contributed by atoms with Crippen molar-refractivity contribution >= 4 is 27.3 Å². The molecule has 0 aliphatic carbocycles. The van der Waals surface area contributed by atoms with Crippen molar-refractivity contribution in [3.8, 4) is 5.75 Å². The molecule has 0 saturated carbocycles. The molecule has 0 radical (unpaired) electrons. The van der Waals surface area contributed by atoms with Crippen molar-refractivity contribution in [2.45, 2.75) is 13.3 Å². The number of benzene rings is 2. The van der Waals surface area contributed by atoms with E-state index >= 15 is 0 Å². The monoisotopic (exact) mass is 398 g/mol. The van der Waals surface area contributed by atoms with Crippen molar-refractivity contribution in [2.24, 2.45) is 0 Å². The molecule has 0 saturated heterocycles. The van der Waals surface area contributed by atoms with E-state index < -0.39 is 27.6 Å². The summed E-state index contributed by atoms with van der Waals surface area (Å²) in [5, 5.41) is 2.66. The molecular weight excluding hydrogens is 378 g/mol. The Morgan fingerprint density at radius 2 is 1.85 bits per heavy atom. The highest BCUT2D eigenvalue weighted by molar-refractivity contribution is 7.92. The van der Waals surface area contributed by atoms with Crippen LogP contribution in [0.5, 0.6) is 5.75 Å². The van der Waals surface area contributed by atoms with E-state index in [1.807, 2.05) is 13.0 Å². The van der Waals surface area contributed by atoms with Gasteiger partial charge in [0.15, 0.2) is 11.6 Å². The van der Waals surface area contributed by atoms with Crippen LogP contribution in [0, 0.1) is 18.6 Å². The van der Waals surface area contributed by atoms with Crippen LogP contribution in [0.2, 0.25) is 0 Å². The molecule has 0 unspecified atom stereocenters. The first kappa shape index (κ1) is 20.6. The van der Waals surface area contributed by atoms with Crippen LogP contribution in [0.15, 0.2) is 36.4 Å². The van der Waals surface area contributed by atoms with Gasteiger partial charge in [-0.05, 0) is 36.8 Å². The molecule has 0 heterocycles. The van der Waals surface area contributed by atoms with Crippen molar-refractivity contribution in [1.82, 2.24) is 0 Å². The predicted molar refractivity (Wildman–Crippen MR) is 99.5 cm³/mol. The summed E-state index contributed by atoms with van der Waals surface area (Å²) in [4.78, 5) is 12.3. The maximum Gasteiger partial charge on any atom is 0.232 e. The quantitative estimate of drug-likeness (QED) is 0.778. The number of carbonyl (C=O) groups excluding carboxylic acids is 1. The second-order valence-electron chi connectivity index (χ2n) is 5.94. The highest BCUT2D eigenvalue weighted by Gasteiger charge is 2.20. The summed E-state index contributed by atoms with van der Waals surface area (Å²) >= 11 is 0. The van der Waals surface area contributed by atoms with Gasteiger partial charge in [-0.25, -0.2) is 17.2 Å². The second kappa shape index (κ2) is 8.34. The van der Waals surface area contributed by atoms with Gasteiger partial charge in [-0.15, -0.1) is 0 Å². The Labute approximate surface area is 156 Å². The number of halogens is 2. The number of aryl methyl sites for hydroxylation is 1. The van der Waals surface area contributed by atoms with Crippen molar-refractivity contribution in [3.05, 3.63) is 53.6 Å². The lowest BCUT2D eigenvalue weighted by atomic mass is 10.2. The number of sulfonamides is 1. The minimum atomic E-state index is -3.80. The zero-order valence-electron chi connectivity index (χ0n) is 15.1. The van der Waals surface area contributed by atoms with Gasteiger partial charge in [0.05, 0.1) is 24.7 Å². The Morgan fingerprint density at radius 3 is 2.44 bits per heavy atom. The largest absolute Gasteiger partial charge is 0.495 e. The Bertz CT molecular complexity index is 948. The number of rotatable bonds is 7. The van der Waals surface area contributed by atoms with Gasteiger partial charge in [0.25, 0.3) is 0 Å². The number of carbonyl (C=O) groups is 1. The van der Waals surface area contributed by atoms with E-state index in [2.05, 4.69) is 5.32 Å². The van der Waals surface area contributed by atoms with E-state index in [4.69, 9.17) is 4.74 Å². The van der Waals surface area contributed by atoms with Gasteiger partial charge in [-0.2, -0.15) is 0 Å². The van der Waals surface area contributed by atoms with Crippen molar-refractivity contribution in [1.29, 1.82) is 0 Å². The predicted octanol–water partition coefficient (Wildman–Crippen LogP) is 3.08. The van der Waals surface area contributed by atoms with Crippen LogP contribution in [0.1, 0.15) is 12.0 Å². The molecule has 6 nitrogen and oxygen atoms in total. The van der Waals surface area contributed by atoms with E-state index in [0.717, 1.165) is 34.3 Å². The van der Waals surface area contributed by atoms with Crippen LogP contribution >= 0.6 is 0 Å². The van der Waals surface area contributed by atoms with Crippen LogP contribution < -0.4 is 14.4 Å². The van der Waals surface area contributed by atoms with Gasteiger partial charge >= 0.3 is 0 Å². The van der Waals surface area contributed by atoms with Crippen LogP contribution in [-0.4, -0.2) is 34.2 Å². The molecule has 0 aliphatic heterocycles. The summed E-state index contributed by atoms with van der Waals surface area (Å²) in [6.45, 7) is 1.62. The summed E-state index contributed by atoms with van der Waals surface area (Å²) in [5.74, 6) is -2.24. The third kappa shape index (κ3) is 5.40. The number of nitrogens with zero attached hydrogens (tertiary/aromatic N) is 1. The van der Waals surface area contributed by atoms with E-state index in [1.54, 1.807) is 12.1 Å². The third-order valence-corrected chi connectivity index (χ3v) is 4.96. The number of nitrogens with one attached hydrogen (secondary N) is 1. The van der Waals surface area contributed by atoms with Crippen molar-refractivity contribution in [3.63, 3.8) is 0 Å². The maximum absolute atomic E-state index is 13.4. The van der Waals surface area contributed by atoms with E-state index in [-0.39, 0.29) is 18.7 Å². The summed E-state index contributed by atoms with van der Waals surface area (Å²) in [7, 11) is -2.33. The fourth-order valence-corrected chi connectivity index (χ4v) is 3.38. The normalized spacial score (nSPS) is 11.1. The number of anilines is 2. The molecule has 2 aromatic carbocycles. The average Bonchev–Trinajstić information content (AvgIpc) is 2.57. The van der Waals surface area contributed by atoms with Gasteiger partial charge in [-0.3, -0.25) is 9.10 Å². The molecule has 0 aromatic heterocycles. The fraction of sp³-hybridized carbons (Fsp3) is 0.278. The highest BCUT2D eigenvalue weighted by Crippen LogP contribution is 2.26. The molecule has 27 heavy (non-hydrogen) atoms. The Hall–Kier alpha value is -2.68. The average molecular weight is 398 g/mol. The first-order chi connectivity index (χ1) is 12.6. The molecular formula is C18H20F2N2O4S. The number of hydrogen-bond donors (Lipinski definition) is 1. The van der Waals surface area contributed by atoms with Crippen molar-refractivity contribution < 1.29 is 26.7 Å². The zero-order valence-corrected chi connectivity index (χ0v) is 15.9. The van der Waals surface area contributed by atoms with Gasteiger partial charge < -0.3 is 10.1 Å². The highest BCUT2D eigenvalue weighted by atomic mass is 32.2. The molecule has 9 heteroatoms. The Morgan fingerprint density at radius 1 is 1.15 bits per heavy atom. The van der Waals surface area contributed by atoms with Crippen LogP contribution in [0.4, 0.5) is 20.2 Å². The number of ether oxygens (including phenoxy) is 1. The molecule has 0 fully saturated rings. The Kier molecular flexibility index (Phi) is 6.37. The smallest absolute Gasteiger partial charge is 0.232 e. The lowest BCUT2D eigenvalue weighted by Crippen LogP contribution is -2.33. The van der Waals surface area contributed by atoms with Crippen molar-refractivity contribution in [2.75, 3.05) is 29.5 Å². The van der Waals surface area contributed by atoms with Crippen LogP contribution in [0.25, 0.3) is 0 Å². The number of hydrogen-bond acceptors (Lipinski definition) is 4. The summed E-state index contributed by atoms with van der Waals surface area (Å²) < 4.78 is 56.6. The zero-order chi connectivity index (χ0) is 20.2. The number of methoxy groups -OCH3 is 1. The van der Waals surface area contributed by atoms with E-state index in [1.165, 1.54) is 7.11 Å². The molecule has 0 bridgehead atoms. The molecule has 0 aliphatic rings. The molecule has 0 spiro atoms. The lowest BCUT2D eigenvalue weighted by Gasteiger charge is -2.22. The molecule has 146 valence electrons. The SMILES string of the molecule is COc1ccc(C)cc1NC(=O)CCN(c1ccc(F)c(F)c1)S(C)(=O)=O. The second-order valence-corrected chi connectivity index (χ2v) is 7.84. The number of amides is 1. The third-order valence-electron chi connectivity index (χ3n) is 3.76. The first-order valence-corrected chi connectivity index (χ1v) is 9.84. The standard InChI is InChI=1S/C18H20F2N2O4S/c1-12-4-7-17(26-2)16(10-12)21-18(23)8-9-22(27(3,24)25)13-5-6-14(19)15(20)11-13/h4-7,10-11H,8-9H2,1-3H3,(H,21,23). The van der Waals surface area contributed by atoms with Gasteiger partial charge in [0, 0.05) is 19.0 Å². The summed E-state index contributed by atoms with van der Waals surface area (Å²) in [6, 6.07) is 8.00. The Balaban J connectivity index is 2.14. The summed E-state index contributed by atoms with van der Waals surface area (Å²) in [5.41, 5.74) is 1.31. The minimum absolute atomic E-state index is 0.0580. The van der Waals surface area contributed by atoms with Crippen LogP contribution in [-0.2, 0) is 14.8 Å². The molecule has 0 atom stereocenters. The van der Waals surface area contributed by atoms with E-state index in [0.29, 0.717) is 11.4 Å². The molecule has 1 amide bonds. The lowest BCUT2D eigenvalue weighted by molar-refractivity contribution is -0.116. The molecule has 2 aromatic rings. The van der Waals surface area contributed by atoms with Gasteiger partial charge in [0.2, 0.25) is 15.9 Å². The fourth-order valence-electron chi connectivity index (χ4n) is 2.46. The van der Waals surface area contributed by atoms with Gasteiger partial charge in [0.1, 0.15) is 5.75 Å². The first-order valence-electron chi connectivity index (χ1n) is 7.99. The topological polar surface area (TPSA) is 75.7 Å². The molecule has 1 N–H and O–H groups in total. The van der Waals surface area contributed by atoms with Gasteiger partial charge in [-0.1, -0.05) is 6.07 Å². The van der Waals surface area contributed by atoms with Crippen LogP contribution in [0.3, 0.4) is 0 Å².